The van der Waals surface area contributed by atoms with Crippen molar-refractivity contribution in [3.8, 4) is 5.69 Å². The van der Waals surface area contributed by atoms with Gasteiger partial charge < -0.3 is 5.32 Å². The number of benzene rings is 1. The predicted molar refractivity (Wildman–Crippen MR) is 87.9 cm³/mol. The van der Waals surface area contributed by atoms with Gasteiger partial charge >= 0.3 is 0 Å². The molecule has 21 heavy (non-hydrogen) atoms. The van der Waals surface area contributed by atoms with Crippen molar-refractivity contribution in [1.82, 2.24) is 15.1 Å². The van der Waals surface area contributed by atoms with E-state index in [1.54, 1.807) is 6.20 Å². The maximum Gasteiger partial charge on any atom is 0.0645 e. The first-order chi connectivity index (χ1) is 10.3. The van der Waals surface area contributed by atoms with Crippen LogP contribution in [-0.2, 0) is 13.0 Å². The molecule has 108 valence electrons. The van der Waals surface area contributed by atoms with Crippen molar-refractivity contribution in [3.63, 3.8) is 0 Å². The van der Waals surface area contributed by atoms with Crippen molar-refractivity contribution in [3.05, 3.63) is 70.7 Å². The second kappa shape index (κ2) is 6.70. The molecule has 2 aromatic heterocycles. The molecule has 1 aromatic carbocycles. The Labute approximate surface area is 129 Å². The molecule has 0 aliphatic rings. The molecule has 0 fully saturated rings. The molecule has 3 rings (SSSR count). The normalized spacial score (nSPS) is 12.4. The lowest BCUT2D eigenvalue weighted by Gasteiger charge is -2.13. The quantitative estimate of drug-likeness (QED) is 0.752. The lowest BCUT2D eigenvalue weighted by molar-refractivity contribution is 0.548. The Morgan fingerprint density at radius 3 is 2.71 bits per heavy atom. The molecule has 2 heterocycles. The Morgan fingerprint density at radius 2 is 2.05 bits per heavy atom. The van der Waals surface area contributed by atoms with Gasteiger partial charge in [-0.3, -0.25) is 0 Å². The van der Waals surface area contributed by atoms with E-state index in [4.69, 9.17) is 0 Å². The van der Waals surface area contributed by atoms with E-state index in [2.05, 4.69) is 59.1 Å². The summed E-state index contributed by atoms with van der Waals surface area (Å²) in [4.78, 5) is 1.43. The Hall–Kier alpha value is -1.91. The van der Waals surface area contributed by atoms with Gasteiger partial charge in [0, 0.05) is 29.9 Å². The van der Waals surface area contributed by atoms with Crippen molar-refractivity contribution in [1.29, 1.82) is 0 Å². The molecule has 1 unspecified atom stereocenters. The lowest BCUT2D eigenvalue weighted by atomic mass is 10.1. The van der Waals surface area contributed by atoms with Gasteiger partial charge in [-0.1, -0.05) is 18.2 Å². The van der Waals surface area contributed by atoms with Crippen LogP contribution in [0.15, 0.2) is 60.2 Å². The summed E-state index contributed by atoms with van der Waals surface area (Å²) in [5.41, 5.74) is 2.39. The molecule has 0 saturated heterocycles. The van der Waals surface area contributed by atoms with Crippen LogP contribution in [0.1, 0.15) is 17.4 Å². The third-order valence-electron chi connectivity index (χ3n) is 3.45. The molecule has 0 radical (unpaired) electrons. The number of nitrogens with zero attached hydrogens (tertiary/aromatic N) is 2. The Bertz CT molecular complexity index is 642. The molecule has 0 aliphatic carbocycles. The smallest absolute Gasteiger partial charge is 0.0645 e. The molecular formula is C17H19N3S. The van der Waals surface area contributed by atoms with E-state index < -0.39 is 0 Å². The molecule has 0 amide bonds. The van der Waals surface area contributed by atoms with Gasteiger partial charge in [0.1, 0.15) is 0 Å². The number of thiophene rings is 1. The predicted octanol–water partition coefficient (Wildman–Crippen LogP) is 3.65. The molecule has 0 spiro atoms. The average Bonchev–Trinajstić information content (AvgIpc) is 3.19. The molecular weight excluding hydrogens is 278 g/mol. The summed E-state index contributed by atoms with van der Waals surface area (Å²) in [6.45, 7) is 3.13. The van der Waals surface area contributed by atoms with Crippen molar-refractivity contribution in [2.45, 2.75) is 25.9 Å². The van der Waals surface area contributed by atoms with Crippen molar-refractivity contribution in [2.24, 2.45) is 0 Å². The highest BCUT2D eigenvalue weighted by Crippen LogP contribution is 2.12. The first-order valence-corrected chi connectivity index (χ1v) is 8.04. The van der Waals surface area contributed by atoms with Crippen LogP contribution in [0.2, 0.25) is 0 Å². The minimum absolute atomic E-state index is 0.481. The van der Waals surface area contributed by atoms with Gasteiger partial charge in [0.25, 0.3) is 0 Å². The molecule has 1 N–H and O–H groups in total. The zero-order chi connectivity index (χ0) is 14.5. The Balaban J connectivity index is 1.53. The average molecular weight is 297 g/mol. The van der Waals surface area contributed by atoms with Crippen LogP contribution >= 0.6 is 11.3 Å². The van der Waals surface area contributed by atoms with E-state index in [0.29, 0.717) is 6.04 Å². The fourth-order valence-electron chi connectivity index (χ4n) is 2.28. The first-order valence-electron chi connectivity index (χ1n) is 7.16. The number of rotatable bonds is 6. The van der Waals surface area contributed by atoms with Crippen molar-refractivity contribution in [2.75, 3.05) is 0 Å². The van der Waals surface area contributed by atoms with Gasteiger partial charge in [-0.2, -0.15) is 5.10 Å². The van der Waals surface area contributed by atoms with Crippen molar-refractivity contribution < 1.29 is 0 Å². The summed E-state index contributed by atoms with van der Waals surface area (Å²) >= 11 is 1.82. The largest absolute Gasteiger partial charge is 0.310 e. The highest BCUT2D eigenvalue weighted by atomic mass is 32.1. The standard InChI is InChI=1S/C17H19N3S/c1-14(12-17-4-2-11-21-17)18-13-15-5-7-16(8-6-15)20-10-3-9-19-20/h2-11,14,18H,12-13H2,1H3. The summed E-state index contributed by atoms with van der Waals surface area (Å²) in [6.07, 6.45) is 4.83. The number of hydrogen-bond acceptors (Lipinski definition) is 3. The van der Waals surface area contributed by atoms with Gasteiger partial charge in [0.15, 0.2) is 0 Å². The zero-order valence-corrected chi connectivity index (χ0v) is 12.9. The van der Waals surface area contributed by atoms with Gasteiger partial charge in [0.2, 0.25) is 0 Å². The Morgan fingerprint density at radius 1 is 1.19 bits per heavy atom. The zero-order valence-electron chi connectivity index (χ0n) is 12.1. The van der Waals surface area contributed by atoms with E-state index in [1.165, 1.54) is 10.4 Å². The van der Waals surface area contributed by atoms with Crippen LogP contribution in [-0.4, -0.2) is 15.8 Å². The van der Waals surface area contributed by atoms with Crippen LogP contribution in [0.5, 0.6) is 0 Å². The highest BCUT2D eigenvalue weighted by Gasteiger charge is 2.04. The minimum atomic E-state index is 0.481. The van der Waals surface area contributed by atoms with E-state index in [1.807, 2.05) is 28.3 Å². The fourth-order valence-corrected chi connectivity index (χ4v) is 3.12. The molecule has 3 nitrogen and oxygen atoms in total. The molecule has 0 aliphatic heterocycles. The molecule has 1 atom stereocenters. The summed E-state index contributed by atoms with van der Waals surface area (Å²) in [5, 5.41) is 9.94. The first kappa shape index (κ1) is 14.0. The molecule has 3 aromatic rings. The van der Waals surface area contributed by atoms with Crippen LogP contribution in [0.4, 0.5) is 0 Å². The summed E-state index contributed by atoms with van der Waals surface area (Å²) in [6, 6.07) is 15.2. The lowest BCUT2D eigenvalue weighted by Crippen LogP contribution is -2.27. The Kier molecular flexibility index (Phi) is 4.48. The van der Waals surface area contributed by atoms with Gasteiger partial charge in [-0.25, -0.2) is 4.68 Å². The topological polar surface area (TPSA) is 29.9 Å². The SMILES string of the molecule is CC(Cc1cccs1)NCc1ccc(-n2cccn2)cc1. The summed E-state index contributed by atoms with van der Waals surface area (Å²) in [7, 11) is 0. The third kappa shape index (κ3) is 3.80. The maximum absolute atomic E-state index is 4.23. The minimum Gasteiger partial charge on any atom is -0.310 e. The summed E-state index contributed by atoms with van der Waals surface area (Å²) < 4.78 is 1.87. The summed E-state index contributed by atoms with van der Waals surface area (Å²) in [5.74, 6) is 0. The van der Waals surface area contributed by atoms with E-state index >= 15 is 0 Å². The second-order valence-corrected chi connectivity index (χ2v) is 6.21. The van der Waals surface area contributed by atoms with Gasteiger partial charge in [0.05, 0.1) is 5.69 Å². The number of hydrogen-bond donors (Lipinski definition) is 1. The third-order valence-corrected chi connectivity index (χ3v) is 4.35. The number of nitrogens with one attached hydrogen (secondary N) is 1. The second-order valence-electron chi connectivity index (χ2n) is 5.18. The molecule has 0 bridgehead atoms. The van der Waals surface area contributed by atoms with Gasteiger partial charge in [-0.05, 0) is 48.6 Å². The van der Waals surface area contributed by atoms with Crippen LogP contribution in [0, 0.1) is 0 Å². The van der Waals surface area contributed by atoms with Gasteiger partial charge in [-0.15, -0.1) is 11.3 Å². The molecule has 0 saturated carbocycles. The maximum atomic E-state index is 4.23. The fraction of sp³-hybridized carbons (Fsp3) is 0.235. The van der Waals surface area contributed by atoms with E-state index in [0.717, 1.165) is 18.7 Å². The van der Waals surface area contributed by atoms with Crippen LogP contribution in [0.3, 0.4) is 0 Å². The van der Waals surface area contributed by atoms with Crippen LogP contribution < -0.4 is 5.32 Å². The van der Waals surface area contributed by atoms with Crippen molar-refractivity contribution >= 4 is 11.3 Å². The molecule has 4 heteroatoms. The number of aromatic nitrogens is 2. The van der Waals surface area contributed by atoms with E-state index in [9.17, 15) is 0 Å². The highest BCUT2D eigenvalue weighted by molar-refractivity contribution is 7.09. The van der Waals surface area contributed by atoms with Crippen LogP contribution in [0.25, 0.3) is 5.69 Å². The van der Waals surface area contributed by atoms with E-state index in [-0.39, 0.29) is 0 Å². The monoisotopic (exact) mass is 297 g/mol.